The summed E-state index contributed by atoms with van der Waals surface area (Å²) < 4.78 is 38.6. The Balaban J connectivity index is 1.90. The van der Waals surface area contributed by atoms with E-state index in [1.54, 1.807) is 25.1 Å². The number of nitrogens with one attached hydrogen (secondary N) is 2. The molecule has 0 aliphatic carbocycles. The number of hydrogen-bond donors (Lipinski definition) is 2. The summed E-state index contributed by atoms with van der Waals surface area (Å²) in [4.78, 5) is 24.0. The number of carbonyl (C=O) groups is 1. The van der Waals surface area contributed by atoms with Crippen molar-refractivity contribution in [1.29, 1.82) is 0 Å². The van der Waals surface area contributed by atoms with Crippen LogP contribution >= 0.6 is 11.6 Å². The van der Waals surface area contributed by atoms with E-state index in [1.165, 1.54) is 24.7 Å². The third kappa shape index (κ3) is 3.77. The van der Waals surface area contributed by atoms with E-state index in [0.29, 0.717) is 11.3 Å². The first kappa shape index (κ1) is 19.6. The summed E-state index contributed by atoms with van der Waals surface area (Å²) in [6.45, 7) is 1.68. The second kappa shape index (κ2) is 7.48. The summed E-state index contributed by atoms with van der Waals surface area (Å²) in [5, 5.41) is 1.58. The van der Waals surface area contributed by atoms with Crippen molar-refractivity contribution in [3.8, 4) is 11.8 Å². The molecule has 0 unspecified atom stereocenters. The van der Waals surface area contributed by atoms with Crippen molar-refractivity contribution < 1.29 is 22.7 Å². The Bertz CT molecular complexity index is 1140. The molecule has 0 aliphatic rings. The van der Waals surface area contributed by atoms with E-state index in [4.69, 9.17) is 21.1 Å². The fourth-order valence-electron chi connectivity index (χ4n) is 2.39. The Morgan fingerprint density at radius 3 is 2.39 bits per heavy atom. The van der Waals surface area contributed by atoms with Gasteiger partial charge in [-0.05, 0) is 19.1 Å². The maximum atomic E-state index is 12.7. The first-order valence-electron chi connectivity index (χ1n) is 7.69. The molecule has 0 bridgehead atoms. The van der Waals surface area contributed by atoms with Crippen LogP contribution in [0.2, 0.25) is 5.15 Å². The molecule has 148 valence electrons. The highest BCUT2D eigenvalue weighted by Crippen LogP contribution is 2.24. The highest BCUT2D eigenvalue weighted by molar-refractivity contribution is 7.90. The fraction of sp³-hybridized carbons (Fsp3) is 0.200. The lowest BCUT2D eigenvalue weighted by atomic mass is 10.4. The number of ether oxygens (including phenoxy) is 2. The van der Waals surface area contributed by atoms with Crippen LogP contribution in [0.3, 0.4) is 0 Å². The van der Waals surface area contributed by atoms with Gasteiger partial charge in [-0.2, -0.15) is 18.4 Å². The predicted molar refractivity (Wildman–Crippen MR) is 99.4 cm³/mol. The molecule has 0 saturated carbocycles. The summed E-state index contributed by atoms with van der Waals surface area (Å²) >= 11 is 6.01. The van der Waals surface area contributed by atoms with E-state index >= 15 is 0 Å². The number of sulfonamides is 1. The molecule has 0 spiro atoms. The monoisotopic (exact) mass is 426 g/mol. The molecular weight excluding hydrogens is 412 g/mol. The van der Waals surface area contributed by atoms with E-state index < -0.39 is 16.1 Å². The number of anilines is 1. The van der Waals surface area contributed by atoms with Gasteiger partial charge in [-0.1, -0.05) is 17.7 Å². The number of fused-ring (bicyclic) bond motifs is 1. The van der Waals surface area contributed by atoms with Crippen LogP contribution in [0.4, 0.5) is 10.7 Å². The number of aromatic nitrogens is 4. The Morgan fingerprint density at radius 2 is 1.79 bits per heavy atom. The number of nitrogens with zero attached hydrogens (tertiary/aromatic N) is 4. The third-order valence-electron chi connectivity index (χ3n) is 3.56. The van der Waals surface area contributed by atoms with Gasteiger partial charge < -0.3 is 9.47 Å². The lowest BCUT2D eigenvalue weighted by Crippen LogP contribution is -2.35. The van der Waals surface area contributed by atoms with Crippen LogP contribution in [-0.4, -0.2) is 48.0 Å². The van der Waals surface area contributed by atoms with Crippen LogP contribution in [-0.2, 0) is 10.0 Å². The number of pyridine rings is 1. The van der Waals surface area contributed by atoms with Gasteiger partial charge in [0.1, 0.15) is 5.65 Å². The average Bonchev–Trinajstić information content (AvgIpc) is 2.98. The van der Waals surface area contributed by atoms with Crippen LogP contribution in [0.5, 0.6) is 11.8 Å². The van der Waals surface area contributed by atoms with E-state index in [2.05, 4.69) is 20.3 Å². The van der Waals surface area contributed by atoms with Gasteiger partial charge in [0.25, 0.3) is 10.0 Å². The highest BCUT2D eigenvalue weighted by Gasteiger charge is 2.27. The van der Waals surface area contributed by atoms with Crippen molar-refractivity contribution in [3.63, 3.8) is 0 Å². The topological polar surface area (TPSA) is 137 Å². The maximum Gasteiger partial charge on any atom is 0.335 e. The molecule has 3 aromatic heterocycles. The SMILES string of the molecule is COc1cc(OC)nc(NC(=O)NS(=O)(=O)c2c(Cl)nc3cccc(C)n23)n1. The number of hydrogen-bond acceptors (Lipinski definition) is 8. The quantitative estimate of drug-likeness (QED) is 0.627. The molecule has 0 radical (unpaired) electrons. The molecule has 3 rings (SSSR count). The molecule has 0 aromatic carbocycles. The molecule has 2 N–H and O–H groups in total. The Morgan fingerprint density at radius 1 is 1.14 bits per heavy atom. The molecule has 0 fully saturated rings. The number of aryl methyl sites for hydroxylation is 1. The number of amides is 2. The first-order valence-corrected chi connectivity index (χ1v) is 9.55. The molecule has 3 heterocycles. The number of methoxy groups -OCH3 is 2. The van der Waals surface area contributed by atoms with Gasteiger partial charge in [0.15, 0.2) is 10.2 Å². The highest BCUT2D eigenvalue weighted by atomic mass is 35.5. The zero-order valence-electron chi connectivity index (χ0n) is 14.9. The van der Waals surface area contributed by atoms with Gasteiger partial charge in [0.2, 0.25) is 17.7 Å². The van der Waals surface area contributed by atoms with Gasteiger partial charge in [-0.15, -0.1) is 0 Å². The summed E-state index contributed by atoms with van der Waals surface area (Å²) in [6.07, 6.45) is 0. The molecule has 0 atom stereocenters. The number of carbonyl (C=O) groups excluding carboxylic acids is 1. The van der Waals surface area contributed by atoms with Crippen LogP contribution in [0.1, 0.15) is 5.69 Å². The standard InChI is InChI=1S/C15H15ClN6O5S/c1-8-5-4-6-9-17-12(16)13(22(8)9)28(24,25)21-15(23)20-14-18-10(26-2)7-11(19-14)27-3/h4-7H,1-3H3,(H2,18,19,20,21,23). The summed E-state index contributed by atoms with van der Waals surface area (Å²) in [5.74, 6) is 0.0141. The van der Waals surface area contributed by atoms with Crippen molar-refractivity contribution >= 4 is 39.3 Å². The van der Waals surface area contributed by atoms with Gasteiger partial charge in [-0.3, -0.25) is 9.72 Å². The summed E-state index contributed by atoms with van der Waals surface area (Å²) in [7, 11) is -1.63. The lowest BCUT2D eigenvalue weighted by Gasteiger charge is -2.10. The molecule has 0 aliphatic heterocycles. The average molecular weight is 427 g/mol. The largest absolute Gasteiger partial charge is 0.481 e. The van der Waals surface area contributed by atoms with E-state index in [1.807, 2.05) is 4.72 Å². The third-order valence-corrected chi connectivity index (χ3v) is 5.28. The summed E-state index contributed by atoms with van der Waals surface area (Å²) in [6, 6.07) is 5.27. The predicted octanol–water partition coefficient (Wildman–Crippen LogP) is 1.61. The van der Waals surface area contributed by atoms with Crippen molar-refractivity contribution in [1.82, 2.24) is 24.1 Å². The van der Waals surface area contributed by atoms with Crippen molar-refractivity contribution in [2.24, 2.45) is 0 Å². The zero-order valence-corrected chi connectivity index (χ0v) is 16.5. The minimum Gasteiger partial charge on any atom is -0.481 e. The second-order valence-electron chi connectivity index (χ2n) is 5.40. The molecular formula is C15H15ClN6O5S. The second-order valence-corrected chi connectivity index (χ2v) is 7.36. The van der Waals surface area contributed by atoms with Gasteiger partial charge in [-0.25, -0.2) is 14.5 Å². The Hall–Kier alpha value is -3.12. The van der Waals surface area contributed by atoms with Gasteiger partial charge >= 0.3 is 6.03 Å². The number of rotatable bonds is 5. The van der Waals surface area contributed by atoms with E-state index in [-0.39, 0.29) is 27.9 Å². The molecule has 13 heteroatoms. The normalized spacial score (nSPS) is 11.3. The minimum atomic E-state index is -4.36. The maximum absolute atomic E-state index is 12.7. The van der Waals surface area contributed by atoms with Crippen LogP contribution in [0, 0.1) is 6.92 Å². The smallest absolute Gasteiger partial charge is 0.335 e. The molecule has 2 amide bonds. The van der Waals surface area contributed by atoms with Crippen LogP contribution < -0.4 is 19.5 Å². The summed E-state index contributed by atoms with van der Waals surface area (Å²) in [5.41, 5.74) is 0.894. The first-order chi connectivity index (χ1) is 13.2. The van der Waals surface area contributed by atoms with E-state index in [0.717, 1.165) is 0 Å². The van der Waals surface area contributed by atoms with Crippen molar-refractivity contribution in [3.05, 3.63) is 35.1 Å². The molecule has 11 nitrogen and oxygen atoms in total. The molecule has 3 aromatic rings. The Labute approximate surface area is 164 Å². The lowest BCUT2D eigenvalue weighted by molar-refractivity contribution is 0.256. The number of halogens is 1. The zero-order chi connectivity index (χ0) is 20.5. The number of imidazole rings is 1. The minimum absolute atomic E-state index is 0.116. The van der Waals surface area contributed by atoms with Crippen molar-refractivity contribution in [2.75, 3.05) is 19.5 Å². The van der Waals surface area contributed by atoms with Crippen LogP contribution in [0.25, 0.3) is 5.65 Å². The fourth-order valence-corrected chi connectivity index (χ4v) is 4.01. The molecule has 28 heavy (non-hydrogen) atoms. The van der Waals surface area contributed by atoms with E-state index in [9.17, 15) is 13.2 Å². The van der Waals surface area contributed by atoms with Crippen molar-refractivity contribution in [2.45, 2.75) is 11.9 Å². The van der Waals surface area contributed by atoms with Gasteiger partial charge in [0.05, 0.1) is 20.3 Å². The van der Waals surface area contributed by atoms with Gasteiger partial charge in [0, 0.05) is 5.69 Å². The van der Waals surface area contributed by atoms with Crippen LogP contribution in [0.15, 0.2) is 29.3 Å². The Kier molecular flexibility index (Phi) is 5.25. The molecule has 0 saturated heterocycles. The number of urea groups is 1.